The summed E-state index contributed by atoms with van der Waals surface area (Å²) >= 11 is 0. The molecule has 2 heterocycles. The van der Waals surface area contributed by atoms with Gasteiger partial charge in [0.15, 0.2) is 0 Å². The highest BCUT2D eigenvalue weighted by Gasteiger charge is 2.35. The first-order valence-electron chi connectivity index (χ1n) is 11.4. The summed E-state index contributed by atoms with van der Waals surface area (Å²) in [5.74, 6) is -0.611. The van der Waals surface area contributed by atoms with Crippen LogP contribution in [-0.2, 0) is 14.4 Å². The molecule has 0 aliphatic carbocycles. The first kappa shape index (κ1) is 22.6. The molecule has 33 heavy (non-hydrogen) atoms. The van der Waals surface area contributed by atoms with Gasteiger partial charge in [0, 0.05) is 51.0 Å². The van der Waals surface area contributed by atoms with Crippen LogP contribution in [0.25, 0.3) is 6.08 Å². The molecule has 0 radical (unpaired) electrons. The zero-order chi connectivity index (χ0) is 23.2. The highest BCUT2D eigenvalue weighted by molar-refractivity contribution is 5.98. The number of anilines is 1. The molecule has 172 valence electrons. The van der Waals surface area contributed by atoms with Crippen LogP contribution in [0.1, 0.15) is 17.5 Å². The monoisotopic (exact) mass is 446 g/mol. The van der Waals surface area contributed by atoms with Crippen LogP contribution < -0.4 is 10.2 Å². The van der Waals surface area contributed by atoms with Gasteiger partial charge in [-0.25, -0.2) is 0 Å². The highest BCUT2D eigenvalue weighted by atomic mass is 16.2. The molecule has 7 heteroatoms. The number of amides is 3. The summed E-state index contributed by atoms with van der Waals surface area (Å²) in [6, 6.07) is 17.1. The minimum Gasteiger partial charge on any atom is -0.368 e. The van der Waals surface area contributed by atoms with Gasteiger partial charge in [0.25, 0.3) is 0 Å². The van der Waals surface area contributed by atoms with Gasteiger partial charge in [0.1, 0.15) is 6.04 Å². The van der Waals surface area contributed by atoms with Gasteiger partial charge in [-0.05, 0) is 36.3 Å². The number of aryl methyl sites for hydroxylation is 1. The fourth-order valence-corrected chi connectivity index (χ4v) is 4.36. The van der Waals surface area contributed by atoms with E-state index < -0.39 is 6.04 Å². The molecule has 0 saturated carbocycles. The lowest BCUT2D eigenvalue weighted by atomic mass is 10.1. The molecule has 0 aromatic heterocycles. The maximum Gasteiger partial charge on any atom is 0.247 e. The molecule has 2 aliphatic heterocycles. The molecule has 1 atom stereocenters. The average molecular weight is 447 g/mol. The summed E-state index contributed by atoms with van der Waals surface area (Å²) in [4.78, 5) is 44.1. The molecule has 7 nitrogen and oxygen atoms in total. The van der Waals surface area contributed by atoms with Crippen LogP contribution in [0, 0.1) is 6.92 Å². The lowest BCUT2D eigenvalue weighted by Crippen LogP contribution is -2.59. The molecule has 2 fully saturated rings. The fourth-order valence-electron chi connectivity index (χ4n) is 4.36. The van der Waals surface area contributed by atoms with E-state index in [0.29, 0.717) is 26.2 Å². The third kappa shape index (κ3) is 5.42. The Hall–Kier alpha value is -3.61. The smallest absolute Gasteiger partial charge is 0.247 e. The Morgan fingerprint density at radius 2 is 1.67 bits per heavy atom. The van der Waals surface area contributed by atoms with E-state index in [4.69, 9.17) is 0 Å². The predicted molar refractivity (Wildman–Crippen MR) is 129 cm³/mol. The Morgan fingerprint density at radius 1 is 0.970 bits per heavy atom. The molecule has 0 spiro atoms. The number of piperazine rings is 2. The zero-order valence-electron chi connectivity index (χ0n) is 18.9. The standard InChI is InChI=1S/C26H30N4O3/c1-20-7-5-6-8-21(20)11-12-24(31)30-14-13-27-26(33)23(30)19-25(32)29-17-15-28(16-18-29)22-9-3-2-4-10-22/h2-12,23H,13-19H2,1H3,(H,27,33)/b12-11+. The van der Waals surface area contributed by atoms with Gasteiger partial charge in [-0.3, -0.25) is 14.4 Å². The van der Waals surface area contributed by atoms with Crippen LogP contribution in [0.2, 0.25) is 0 Å². The number of nitrogens with zero attached hydrogens (tertiary/aromatic N) is 3. The van der Waals surface area contributed by atoms with Crippen molar-refractivity contribution in [2.45, 2.75) is 19.4 Å². The lowest BCUT2D eigenvalue weighted by Gasteiger charge is -2.38. The van der Waals surface area contributed by atoms with Crippen molar-refractivity contribution in [2.24, 2.45) is 0 Å². The summed E-state index contributed by atoms with van der Waals surface area (Å²) in [7, 11) is 0. The van der Waals surface area contributed by atoms with E-state index in [-0.39, 0.29) is 24.1 Å². The van der Waals surface area contributed by atoms with Gasteiger partial charge < -0.3 is 20.0 Å². The molecule has 2 aromatic rings. The molecule has 2 saturated heterocycles. The maximum absolute atomic E-state index is 13.0. The number of nitrogens with one attached hydrogen (secondary N) is 1. The molecular weight excluding hydrogens is 416 g/mol. The third-order valence-corrected chi connectivity index (χ3v) is 6.33. The van der Waals surface area contributed by atoms with E-state index in [9.17, 15) is 14.4 Å². The van der Waals surface area contributed by atoms with Crippen LogP contribution in [0.5, 0.6) is 0 Å². The molecule has 4 rings (SSSR count). The summed E-state index contributed by atoms with van der Waals surface area (Å²) in [5, 5.41) is 2.80. The van der Waals surface area contributed by atoms with Crippen LogP contribution in [0.4, 0.5) is 5.69 Å². The summed E-state index contributed by atoms with van der Waals surface area (Å²) in [5.41, 5.74) is 3.17. The van der Waals surface area contributed by atoms with Gasteiger partial charge in [-0.1, -0.05) is 42.5 Å². The van der Waals surface area contributed by atoms with E-state index in [0.717, 1.165) is 29.9 Å². The fraction of sp³-hybridized carbons (Fsp3) is 0.346. The van der Waals surface area contributed by atoms with Gasteiger partial charge in [-0.15, -0.1) is 0 Å². The first-order valence-corrected chi connectivity index (χ1v) is 11.4. The topological polar surface area (TPSA) is 73.0 Å². The number of hydrogen-bond donors (Lipinski definition) is 1. The summed E-state index contributed by atoms with van der Waals surface area (Å²) < 4.78 is 0. The zero-order valence-corrected chi connectivity index (χ0v) is 18.9. The van der Waals surface area contributed by atoms with Crippen LogP contribution in [0.3, 0.4) is 0 Å². The third-order valence-electron chi connectivity index (χ3n) is 6.33. The minimum absolute atomic E-state index is 0.00111. The number of carbonyl (C=O) groups is 3. The maximum atomic E-state index is 13.0. The van der Waals surface area contributed by atoms with Crippen molar-refractivity contribution in [1.82, 2.24) is 15.1 Å². The van der Waals surface area contributed by atoms with Crippen molar-refractivity contribution in [3.63, 3.8) is 0 Å². The largest absolute Gasteiger partial charge is 0.368 e. The van der Waals surface area contributed by atoms with Crippen LogP contribution in [0.15, 0.2) is 60.7 Å². The average Bonchev–Trinajstić information content (AvgIpc) is 2.85. The number of benzene rings is 2. The van der Waals surface area contributed by atoms with Gasteiger partial charge in [-0.2, -0.15) is 0 Å². The lowest BCUT2D eigenvalue weighted by molar-refractivity contribution is -0.144. The summed E-state index contributed by atoms with van der Waals surface area (Å²) in [6.07, 6.45) is 3.27. The molecule has 2 aliphatic rings. The van der Waals surface area contributed by atoms with E-state index in [1.54, 1.807) is 11.0 Å². The van der Waals surface area contributed by atoms with Crippen molar-refractivity contribution in [3.8, 4) is 0 Å². The SMILES string of the molecule is Cc1ccccc1/C=C/C(=O)N1CCNC(=O)C1CC(=O)N1CCN(c2ccccc2)CC1. The van der Waals surface area contributed by atoms with E-state index in [1.807, 2.05) is 49.4 Å². The van der Waals surface area contributed by atoms with E-state index in [2.05, 4.69) is 22.3 Å². The van der Waals surface area contributed by atoms with Crippen molar-refractivity contribution in [3.05, 3.63) is 71.8 Å². The Bertz CT molecular complexity index is 1030. The Kier molecular flexibility index (Phi) is 7.07. The number of hydrogen-bond acceptors (Lipinski definition) is 4. The van der Waals surface area contributed by atoms with Crippen molar-refractivity contribution >= 4 is 29.5 Å². The molecule has 0 bridgehead atoms. The molecule has 1 N–H and O–H groups in total. The number of para-hydroxylation sites is 1. The summed E-state index contributed by atoms with van der Waals surface area (Å²) in [6.45, 7) is 5.46. The second-order valence-corrected chi connectivity index (χ2v) is 8.44. The van der Waals surface area contributed by atoms with Gasteiger partial charge >= 0.3 is 0 Å². The second kappa shape index (κ2) is 10.3. The highest BCUT2D eigenvalue weighted by Crippen LogP contribution is 2.18. The van der Waals surface area contributed by atoms with Crippen molar-refractivity contribution in [2.75, 3.05) is 44.2 Å². The Labute approximate surface area is 194 Å². The Balaban J connectivity index is 1.38. The molecule has 3 amide bonds. The predicted octanol–water partition coefficient (Wildman–Crippen LogP) is 2.07. The quantitative estimate of drug-likeness (QED) is 0.714. The minimum atomic E-state index is -0.785. The van der Waals surface area contributed by atoms with E-state index >= 15 is 0 Å². The Morgan fingerprint density at radius 3 is 2.39 bits per heavy atom. The van der Waals surface area contributed by atoms with Gasteiger partial charge in [0.2, 0.25) is 17.7 Å². The second-order valence-electron chi connectivity index (χ2n) is 8.44. The normalized spacial score (nSPS) is 19.0. The van der Waals surface area contributed by atoms with Gasteiger partial charge in [0.05, 0.1) is 6.42 Å². The molecule has 2 aromatic carbocycles. The van der Waals surface area contributed by atoms with Crippen LogP contribution in [-0.4, -0.2) is 72.8 Å². The number of rotatable bonds is 5. The molecular formula is C26H30N4O3. The van der Waals surface area contributed by atoms with Crippen molar-refractivity contribution in [1.29, 1.82) is 0 Å². The molecule has 1 unspecified atom stereocenters. The first-order chi connectivity index (χ1) is 16.0. The van der Waals surface area contributed by atoms with E-state index in [1.165, 1.54) is 11.0 Å². The van der Waals surface area contributed by atoms with Crippen LogP contribution >= 0.6 is 0 Å². The number of carbonyl (C=O) groups excluding carboxylic acids is 3. The van der Waals surface area contributed by atoms with Crippen molar-refractivity contribution < 1.29 is 14.4 Å².